The predicted molar refractivity (Wildman–Crippen MR) is 100 cm³/mol. The number of hydrogen-bond donors (Lipinski definition) is 2. The van der Waals surface area contributed by atoms with Crippen molar-refractivity contribution in [1.82, 2.24) is 0 Å². The smallest absolute Gasteiger partial charge is 0.329 e. The van der Waals surface area contributed by atoms with E-state index in [1.807, 2.05) is 12.1 Å². The van der Waals surface area contributed by atoms with Crippen LogP contribution in [0.1, 0.15) is 44.1 Å². The molecule has 148 valence electrons. The summed E-state index contributed by atoms with van der Waals surface area (Å²) in [5.41, 5.74) is 7.55. The van der Waals surface area contributed by atoms with E-state index in [0.717, 1.165) is 38.5 Å². The SMILES string of the molecule is NCC(=CF)COc1ccc(C23CCC(COCC(=O)O)(CC2)CC3)cc1. The third kappa shape index (κ3) is 4.50. The van der Waals surface area contributed by atoms with E-state index < -0.39 is 5.97 Å². The quantitative estimate of drug-likeness (QED) is 0.687. The minimum atomic E-state index is -0.907. The van der Waals surface area contributed by atoms with Crippen molar-refractivity contribution in [3.05, 3.63) is 41.7 Å². The zero-order chi connectivity index (χ0) is 19.3. The number of benzene rings is 1. The number of fused-ring (bicyclic) bond motifs is 3. The van der Waals surface area contributed by atoms with Gasteiger partial charge in [-0.3, -0.25) is 0 Å². The molecule has 2 bridgehead atoms. The molecule has 3 aliphatic carbocycles. The van der Waals surface area contributed by atoms with Crippen LogP contribution >= 0.6 is 0 Å². The third-order valence-corrected chi connectivity index (χ3v) is 6.34. The van der Waals surface area contributed by atoms with E-state index in [1.165, 1.54) is 5.56 Å². The lowest BCUT2D eigenvalue weighted by atomic mass is 9.52. The van der Waals surface area contributed by atoms with Crippen molar-refractivity contribution < 1.29 is 23.8 Å². The second kappa shape index (κ2) is 8.40. The minimum Gasteiger partial charge on any atom is -0.489 e. The number of ether oxygens (including phenoxy) is 2. The molecule has 0 amide bonds. The van der Waals surface area contributed by atoms with E-state index in [2.05, 4.69) is 12.1 Å². The molecule has 0 saturated heterocycles. The van der Waals surface area contributed by atoms with Gasteiger partial charge in [-0.25, -0.2) is 9.18 Å². The van der Waals surface area contributed by atoms with Gasteiger partial charge in [0.1, 0.15) is 19.0 Å². The van der Waals surface area contributed by atoms with Gasteiger partial charge in [0.25, 0.3) is 0 Å². The molecule has 0 heterocycles. The fourth-order valence-electron chi connectivity index (χ4n) is 4.48. The number of carboxylic acids is 1. The lowest BCUT2D eigenvalue weighted by Gasteiger charge is -2.53. The average Bonchev–Trinajstić information content (AvgIpc) is 2.70. The van der Waals surface area contributed by atoms with Gasteiger partial charge in [-0.1, -0.05) is 12.1 Å². The molecule has 0 unspecified atom stereocenters. The van der Waals surface area contributed by atoms with Crippen LogP contribution in [0.15, 0.2) is 36.2 Å². The lowest BCUT2D eigenvalue weighted by Crippen LogP contribution is -2.46. The molecule has 0 radical (unpaired) electrons. The molecule has 0 atom stereocenters. The Morgan fingerprint density at radius 1 is 1.11 bits per heavy atom. The summed E-state index contributed by atoms with van der Waals surface area (Å²) in [6, 6.07) is 8.14. The summed E-state index contributed by atoms with van der Waals surface area (Å²) in [6.07, 6.45) is 7.04. The zero-order valence-electron chi connectivity index (χ0n) is 15.6. The highest BCUT2D eigenvalue weighted by Crippen LogP contribution is 2.57. The Kier molecular flexibility index (Phi) is 6.17. The van der Waals surface area contributed by atoms with Gasteiger partial charge < -0.3 is 20.3 Å². The third-order valence-electron chi connectivity index (χ3n) is 6.34. The zero-order valence-corrected chi connectivity index (χ0v) is 15.6. The second-order valence-electron chi connectivity index (χ2n) is 7.95. The maximum atomic E-state index is 12.6. The standard InChI is InChI=1S/C21H28FNO4/c22-11-16(12-23)13-27-18-3-1-17(2-4-18)21-8-5-20(6-9-21,7-10-21)15-26-14-19(24)25/h1-4,11H,5-10,12-15,23H2,(H,24,25). The summed E-state index contributed by atoms with van der Waals surface area (Å²) in [6.45, 7) is 0.650. The Labute approximate surface area is 159 Å². The first-order valence-corrected chi connectivity index (χ1v) is 9.52. The highest BCUT2D eigenvalue weighted by atomic mass is 19.1. The first-order chi connectivity index (χ1) is 13.0. The Hall–Kier alpha value is -1.92. The van der Waals surface area contributed by atoms with Crippen LogP contribution in [0, 0.1) is 5.41 Å². The van der Waals surface area contributed by atoms with Gasteiger partial charge in [0.15, 0.2) is 0 Å². The molecule has 3 fully saturated rings. The van der Waals surface area contributed by atoms with Crippen molar-refractivity contribution in [3.8, 4) is 5.75 Å². The van der Waals surface area contributed by atoms with Crippen molar-refractivity contribution in [2.75, 3.05) is 26.4 Å². The molecule has 1 aromatic rings. The highest BCUT2D eigenvalue weighted by molar-refractivity contribution is 5.68. The van der Waals surface area contributed by atoms with Crippen molar-refractivity contribution in [1.29, 1.82) is 0 Å². The molecule has 3 aliphatic rings. The molecule has 0 aromatic heterocycles. The van der Waals surface area contributed by atoms with E-state index >= 15 is 0 Å². The fraction of sp³-hybridized carbons (Fsp3) is 0.571. The fourth-order valence-corrected chi connectivity index (χ4v) is 4.48. The molecule has 5 nitrogen and oxygen atoms in total. The van der Waals surface area contributed by atoms with Gasteiger partial charge in [0.05, 0.1) is 12.9 Å². The molecular weight excluding hydrogens is 349 g/mol. The maximum absolute atomic E-state index is 12.6. The van der Waals surface area contributed by atoms with Gasteiger partial charge in [0, 0.05) is 12.1 Å². The first kappa shape index (κ1) is 19.8. The largest absolute Gasteiger partial charge is 0.489 e. The van der Waals surface area contributed by atoms with Gasteiger partial charge in [-0.05, 0) is 67.1 Å². The number of nitrogens with two attached hydrogens (primary N) is 1. The van der Waals surface area contributed by atoms with Crippen LogP contribution in [0.5, 0.6) is 5.75 Å². The first-order valence-electron chi connectivity index (χ1n) is 9.52. The Bertz CT molecular complexity index is 661. The molecule has 0 aliphatic heterocycles. The van der Waals surface area contributed by atoms with Gasteiger partial charge in [-0.2, -0.15) is 0 Å². The molecule has 1 aromatic carbocycles. The molecule has 6 heteroatoms. The van der Waals surface area contributed by atoms with Gasteiger partial charge in [0.2, 0.25) is 0 Å². The highest BCUT2D eigenvalue weighted by Gasteiger charge is 2.49. The van der Waals surface area contributed by atoms with Crippen LogP contribution in [0.3, 0.4) is 0 Å². The second-order valence-corrected chi connectivity index (χ2v) is 7.95. The summed E-state index contributed by atoms with van der Waals surface area (Å²) < 4.78 is 23.6. The predicted octanol–water partition coefficient (Wildman–Crippen LogP) is 3.57. The summed E-state index contributed by atoms with van der Waals surface area (Å²) in [5.74, 6) is -0.193. The average molecular weight is 377 g/mol. The van der Waals surface area contributed by atoms with Crippen molar-refractivity contribution in [2.24, 2.45) is 11.1 Å². The molecular formula is C21H28FNO4. The molecule has 3 N–H and O–H groups in total. The Morgan fingerprint density at radius 3 is 2.26 bits per heavy atom. The number of carboxylic acid groups (broad SMARTS) is 1. The molecule has 0 spiro atoms. The monoisotopic (exact) mass is 377 g/mol. The van der Waals surface area contributed by atoms with Gasteiger partial charge >= 0.3 is 5.97 Å². The van der Waals surface area contributed by atoms with E-state index in [-0.39, 0.29) is 30.6 Å². The summed E-state index contributed by atoms with van der Waals surface area (Å²) in [5, 5.41) is 8.76. The van der Waals surface area contributed by atoms with E-state index in [9.17, 15) is 9.18 Å². The number of rotatable bonds is 9. The number of carbonyl (C=O) groups is 1. The van der Waals surface area contributed by atoms with Gasteiger partial charge in [-0.15, -0.1) is 0 Å². The van der Waals surface area contributed by atoms with Crippen molar-refractivity contribution in [2.45, 2.75) is 43.9 Å². The van der Waals surface area contributed by atoms with Crippen LogP contribution in [-0.2, 0) is 14.9 Å². The normalized spacial score (nSPS) is 27.6. The molecule has 3 saturated carbocycles. The number of hydrogen-bond acceptors (Lipinski definition) is 4. The van der Waals surface area contributed by atoms with Crippen LogP contribution in [-0.4, -0.2) is 37.4 Å². The number of halogens is 1. The summed E-state index contributed by atoms with van der Waals surface area (Å²) in [4.78, 5) is 10.7. The van der Waals surface area contributed by atoms with Crippen molar-refractivity contribution >= 4 is 5.97 Å². The van der Waals surface area contributed by atoms with Crippen LogP contribution in [0.4, 0.5) is 4.39 Å². The summed E-state index contributed by atoms with van der Waals surface area (Å²) >= 11 is 0. The number of aliphatic carboxylic acids is 1. The lowest BCUT2D eigenvalue weighted by molar-refractivity contribution is -0.144. The van der Waals surface area contributed by atoms with E-state index in [4.69, 9.17) is 20.3 Å². The summed E-state index contributed by atoms with van der Waals surface area (Å²) in [7, 11) is 0. The maximum Gasteiger partial charge on any atom is 0.329 e. The van der Waals surface area contributed by atoms with Crippen LogP contribution < -0.4 is 10.5 Å². The Balaban J connectivity index is 1.58. The van der Waals surface area contributed by atoms with Crippen LogP contribution in [0.2, 0.25) is 0 Å². The van der Waals surface area contributed by atoms with Crippen molar-refractivity contribution in [3.63, 3.8) is 0 Å². The van der Waals surface area contributed by atoms with Crippen LogP contribution in [0.25, 0.3) is 0 Å². The Morgan fingerprint density at radius 2 is 1.74 bits per heavy atom. The minimum absolute atomic E-state index is 0.148. The van der Waals surface area contributed by atoms with E-state index in [1.54, 1.807) is 0 Å². The topological polar surface area (TPSA) is 81.8 Å². The van der Waals surface area contributed by atoms with E-state index in [0.29, 0.717) is 24.3 Å². The molecule has 4 rings (SSSR count). The molecule has 27 heavy (non-hydrogen) atoms.